The second-order valence-electron chi connectivity index (χ2n) is 6.27. The first kappa shape index (κ1) is 23.5. The second-order valence-corrected chi connectivity index (χ2v) is 7.19. The molecule has 1 aromatic carbocycles. The van der Waals surface area contributed by atoms with Crippen molar-refractivity contribution in [3.05, 3.63) is 28.7 Å². The van der Waals surface area contributed by atoms with Crippen molar-refractivity contribution >= 4 is 51.6 Å². The molecular formula is C19H32BrIN4O. The van der Waals surface area contributed by atoms with Gasteiger partial charge in [-0.2, -0.15) is 0 Å². The highest BCUT2D eigenvalue weighted by atomic mass is 127. The Morgan fingerprint density at radius 2 is 2.04 bits per heavy atom. The summed E-state index contributed by atoms with van der Waals surface area (Å²) < 4.78 is 6.50. The Balaban J connectivity index is 0.00000338. The molecule has 0 amide bonds. The maximum Gasteiger partial charge on any atom is 0.191 e. The summed E-state index contributed by atoms with van der Waals surface area (Å²) in [7, 11) is 0. The fourth-order valence-corrected chi connectivity index (χ4v) is 3.22. The van der Waals surface area contributed by atoms with Gasteiger partial charge in [-0.05, 0) is 56.9 Å². The topological polar surface area (TPSA) is 48.9 Å². The van der Waals surface area contributed by atoms with Gasteiger partial charge < -0.3 is 20.3 Å². The van der Waals surface area contributed by atoms with Gasteiger partial charge in [-0.3, -0.25) is 4.99 Å². The number of hydrogen-bond donors (Lipinski definition) is 2. The minimum Gasteiger partial charge on any atom is -0.382 e. The van der Waals surface area contributed by atoms with Gasteiger partial charge in [0.2, 0.25) is 0 Å². The summed E-state index contributed by atoms with van der Waals surface area (Å²) in [5.74, 6) is 1.53. The van der Waals surface area contributed by atoms with Crippen LogP contribution in [0.25, 0.3) is 0 Å². The van der Waals surface area contributed by atoms with Crippen LogP contribution in [0.1, 0.15) is 26.7 Å². The van der Waals surface area contributed by atoms with Crippen molar-refractivity contribution in [1.29, 1.82) is 0 Å². The minimum absolute atomic E-state index is 0. The Kier molecular flexibility index (Phi) is 12.3. The van der Waals surface area contributed by atoms with Gasteiger partial charge >= 0.3 is 0 Å². The number of ether oxygens (including phenoxy) is 1. The molecule has 5 nitrogen and oxygen atoms in total. The molecule has 0 bridgehead atoms. The quantitative estimate of drug-likeness (QED) is 0.217. The van der Waals surface area contributed by atoms with E-state index in [1.165, 1.54) is 12.1 Å². The van der Waals surface area contributed by atoms with Gasteiger partial charge in [0.25, 0.3) is 0 Å². The van der Waals surface area contributed by atoms with Crippen molar-refractivity contribution in [3.8, 4) is 0 Å². The van der Waals surface area contributed by atoms with Crippen LogP contribution < -0.4 is 15.5 Å². The largest absolute Gasteiger partial charge is 0.382 e. The molecule has 7 heteroatoms. The van der Waals surface area contributed by atoms with Gasteiger partial charge in [-0.25, -0.2) is 0 Å². The summed E-state index contributed by atoms with van der Waals surface area (Å²) >= 11 is 3.50. The lowest BCUT2D eigenvalue weighted by Gasteiger charge is -2.18. The summed E-state index contributed by atoms with van der Waals surface area (Å²) in [6.07, 6.45) is 2.20. The van der Waals surface area contributed by atoms with Gasteiger partial charge in [-0.15, -0.1) is 24.0 Å². The zero-order valence-electron chi connectivity index (χ0n) is 15.8. The van der Waals surface area contributed by atoms with Crippen LogP contribution in [0.2, 0.25) is 0 Å². The van der Waals surface area contributed by atoms with E-state index >= 15 is 0 Å². The molecule has 1 aliphatic heterocycles. The number of halogens is 2. The molecule has 2 rings (SSSR count). The number of rotatable bonds is 9. The van der Waals surface area contributed by atoms with Crippen LogP contribution in [0.4, 0.5) is 5.69 Å². The van der Waals surface area contributed by atoms with Gasteiger partial charge in [0.1, 0.15) is 0 Å². The van der Waals surface area contributed by atoms with Crippen LogP contribution in [0.3, 0.4) is 0 Å². The predicted octanol–water partition coefficient (Wildman–Crippen LogP) is 3.88. The van der Waals surface area contributed by atoms with Crippen molar-refractivity contribution in [2.45, 2.75) is 26.7 Å². The molecule has 1 heterocycles. The van der Waals surface area contributed by atoms with E-state index in [1.807, 2.05) is 6.92 Å². The van der Waals surface area contributed by atoms with Crippen LogP contribution in [0.5, 0.6) is 0 Å². The lowest BCUT2D eigenvalue weighted by molar-refractivity contribution is 0.145. The number of aliphatic imine (C=N–C) groups is 1. The maximum atomic E-state index is 5.37. The molecule has 148 valence electrons. The normalized spacial score (nSPS) is 17.1. The average Bonchev–Trinajstić information content (AvgIpc) is 3.09. The van der Waals surface area contributed by atoms with E-state index in [2.05, 4.69) is 62.7 Å². The molecule has 1 atom stereocenters. The number of guanidine groups is 1. The molecule has 1 unspecified atom stereocenters. The molecule has 0 aliphatic carbocycles. The first-order chi connectivity index (χ1) is 12.2. The molecule has 1 aliphatic rings. The fraction of sp³-hybridized carbons (Fsp3) is 0.632. The van der Waals surface area contributed by atoms with Crippen LogP contribution in [-0.2, 0) is 4.74 Å². The Morgan fingerprint density at radius 1 is 1.27 bits per heavy atom. The standard InChI is InChI=1S/C19H31BrN4O.HI/c1-3-21-19(22-11-5-13-25-4-2)23-14-16-10-12-24(15-16)18-8-6-17(20)7-9-18;/h6-9,16H,3-5,10-15H2,1-2H3,(H2,21,22,23);1H. The van der Waals surface area contributed by atoms with Crippen LogP contribution in [-0.4, -0.2) is 51.9 Å². The minimum atomic E-state index is 0. The van der Waals surface area contributed by atoms with Crippen molar-refractivity contribution < 1.29 is 4.74 Å². The van der Waals surface area contributed by atoms with E-state index in [0.29, 0.717) is 5.92 Å². The molecule has 0 spiro atoms. The molecule has 26 heavy (non-hydrogen) atoms. The molecular weight excluding hydrogens is 507 g/mol. The highest BCUT2D eigenvalue weighted by Gasteiger charge is 2.22. The molecule has 2 N–H and O–H groups in total. The second kappa shape index (κ2) is 13.6. The first-order valence-electron chi connectivity index (χ1n) is 9.33. The third-order valence-corrected chi connectivity index (χ3v) is 4.82. The Morgan fingerprint density at radius 3 is 2.73 bits per heavy atom. The van der Waals surface area contributed by atoms with Gasteiger partial charge in [0.05, 0.1) is 0 Å². The SMILES string of the molecule is CCNC(=NCC1CCN(c2ccc(Br)cc2)C1)NCCCOCC.I. The summed E-state index contributed by atoms with van der Waals surface area (Å²) in [4.78, 5) is 7.23. The van der Waals surface area contributed by atoms with Gasteiger partial charge in [0.15, 0.2) is 5.96 Å². The fourth-order valence-electron chi connectivity index (χ4n) is 2.96. The Labute approximate surface area is 183 Å². The van der Waals surface area contributed by atoms with Crippen LogP contribution in [0, 0.1) is 5.92 Å². The van der Waals surface area contributed by atoms with Crippen LogP contribution >= 0.6 is 39.9 Å². The van der Waals surface area contributed by atoms with Crippen molar-refractivity contribution in [1.82, 2.24) is 10.6 Å². The highest BCUT2D eigenvalue weighted by Crippen LogP contribution is 2.25. The smallest absolute Gasteiger partial charge is 0.191 e. The zero-order valence-corrected chi connectivity index (χ0v) is 19.8. The van der Waals surface area contributed by atoms with E-state index in [-0.39, 0.29) is 24.0 Å². The lowest BCUT2D eigenvalue weighted by atomic mass is 10.1. The number of benzene rings is 1. The van der Waals surface area contributed by atoms with Crippen molar-refractivity contribution in [2.24, 2.45) is 10.9 Å². The molecule has 0 radical (unpaired) electrons. The zero-order chi connectivity index (χ0) is 17.9. The number of anilines is 1. The predicted molar refractivity (Wildman–Crippen MR) is 125 cm³/mol. The van der Waals surface area contributed by atoms with Gasteiger partial charge in [0, 0.05) is 56.1 Å². The van der Waals surface area contributed by atoms with E-state index < -0.39 is 0 Å². The third-order valence-electron chi connectivity index (χ3n) is 4.29. The summed E-state index contributed by atoms with van der Waals surface area (Å²) in [6, 6.07) is 8.58. The van der Waals surface area contributed by atoms with E-state index in [4.69, 9.17) is 9.73 Å². The van der Waals surface area contributed by atoms with E-state index in [9.17, 15) is 0 Å². The summed E-state index contributed by atoms with van der Waals surface area (Å²) in [5.41, 5.74) is 1.30. The third kappa shape index (κ3) is 8.43. The number of nitrogens with one attached hydrogen (secondary N) is 2. The monoisotopic (exact) mass is 538 g/mol. The first-order valence-corrected chi connectivity index (χ1v) is 10.1. The highest BCUT2D eigenvalue weighted by molar-refractivity contribution is 14.0. The van der Waals surface area contributed by atoms with E-state index in [0.717, 1.165) is 62.8 Å². The van der Waals surface area contributed by atoms with Crippen LogP contribution in [0.15, 0.2) is 33.7 Å². The van der Waals surface area contributed by atoms with Gasteiger partial charge in [-0.1, -0.05) is 15.9 Å². The average molecular weight is 539 g/mol. The molecule has 0 saturated carbocycles. The Bertz CT molecular complexity index is 527. The molecule has 1 fully saturated rings. The van der Waals surface area contributed by atoms with E-state index in [1.54, 1.807) is 0 Å². The van der Waals surface area contributed by atoms with Crippen molar-refractivity contribution in [2.75, 3.05) is 50.8 Å². The summed E-state index contributed by atoms with van der Waals surface area (Å²) in [5, 5.41) is 6.72. The summed E-state index contributed by atoms with van der Waals surface area (Å²) in [6.45, 7) is 10.5. The lowest BCUT2D eigenvalue weighted by Crippen LogP contribution is -2.38. The Hall–Kier alpha value is -0.540. The van der Waals surface area contributed by atoms with Crippen molar-refractivity contribution in [3.63, 3.8) is 0 Å². The molecule has 1 aromatic rings. The number of nitrogens with zero attached hydrogens (tertiary/aromatic N) is 2. The maximum absolute atomic E-state index is 5.37. The molecule has 1 saturated heterocycles. The number of hydrogen-bond acceptors (Lipinski definition) is 3. The molecule has 0 aromatic heterocycles.